The van der Waals surface area contributed by atoms with Gasteiger partial charge in [0.2, 0.25) is 0 Å². The molecular weight excluding hydrogens is 290 g/mol. The van der Waals surface area contributed by atoms with Crippen LogP contribution in [-0.4, -0.2) is 41.6 Å². The topological polar surface area (TPSA) is 23.5 Å². The first kappa shape index (κ1) is 14.0. The van der Waals surface area contributed by atoms with Crippen molar-refractivity contribution in [1.82, 2.24) is 4.90 Å². The molecule has 1 aliphatic rings. The van der Waals surface area contributed by atoms with E-state index in [-0.39, 0.29) is 0 Å². The summed E-state index contributed by atoms with van der Waals surface area (Å²) in [6.45, 7) is 3.73. The van der Waals surface area contributed by atoms with Gasteiger partial charge < -0.3 is 10.0 Å². The Labute approximate surface area is 118 Å². The van der Waals surface area contributed by atoms with Gasteiger partial charge in [0.1, 0.15) is 0 Å². The fraction of sp³-hybridized carbons (Fsp3) is 0.600. The van der Waals surface area contributed by atoms with E-state index in [0.29, 0.717) is 18.4 Å². The Kier molecular flexibility index (Phi) is 5.67. The second-order valence-corrected chi connectivity index (χ2v) is 5.84. The minimum atomic E-state index is 0.356. The van der Waals surface area contributed by atoms with E-state index in [1.807, 2.05) is 0 Å². The number of halogens is 1. The van der Waals surface area contributed by atoms with Crippen LogP contribution in [0.5, 0.6) is 0 Å². The lowest BCUT2D eigenvalue weighted by molar-refractivity contribution is 0.128. The van der Waals surface area contributed by atoms with Crippen molar-refractivity contribution in [1.29, 1.82) is 0 Å². The Hall–Kier alpha value is -0.380. The molecule has 1 N–H and O–H groups in total. The monoisotopic (exact) mass is 311 g/mol. The van der Waals surface area contributed by atoms with Gasteiger partial charge in [-0.1, -0.05) is 46.3 Å². The predicted octanol–water partition coefficient (Wildman–Crippen LogP) is 2.87. The van der Waals surface area contributed by atoms with Gasteiger partial charge in [0.15, 0.2) is 0 Å². The molecule has 2 nitrogen and oxygen atoms in total. The number of piperidine rings is 1. The van der Waals surface area contributed by atoms with Crippen molar-refractivity contribution in [3.63, 3.8) is 0 Å². The van der Waals surface area contributed by atoms with Crippen LogP contribution >= 0.6 is 15.9 Å². The van der Waals surface area contributed by atoms with Crippen molar-refractivity contribution >= 4 is 15.9 Å². The van der Waals surface area contributed by atoms with Crippen LogP contribution in [0.4, 0.5) is 0 Å². The van der Waals surface area contributed by atoms with Crippen molar-refractivity contribution in [3.8, 4) is 0 Å². The molecule has 0 amide bonds. The first-order valence-electron chi connectivity index (χ1n) is 6.77. The van der Waals surface area contributed by atoms with Crippen molar-refractivity contribution in [3.05, 3.63) is 35.9 Å². The zero-order chi connectivity index (χ0) is 12.8. The largest absolute Gasteiger partial charge is 0.396 e. The third-order valence-corrected chi connectivity index (χ3v) is 4.68. The van der Waals surface area contributed by atoms with Crippen LogP contribution in [0.2, 0.25) is 0 Å². The van der Waals surface area contributed by atoms with Gasteiger partial charge in [-0.2, -0.15) is 0 Å². The molecule has 2 rings (SSSR count). The molecule has 1 saturated heterocycles. The molecule has 1 fully saturated rings. The third-order valence-electron chi connectivity index (χ3n) is 3.90. The zero-order valence-electron chi connectivity index (χ0n) is 10.8. The Balaban J connectivity index is 1.88. The van der Waals surface area contributed by atoms with Crippen LogP contribution < -0.4 is 0 Å². The number of aliphatic hydroxyl groups is 1. The molecule has 100 valence electrons. The Bertz CT molecular complexity index is 336. The molecule has 3 heteroatoms. The molecule has 1 aliphatic heterocycles. The molecule has 1 atom stereocenters. The van der Waals surface area contributed by atoms with Gasteiger partial charge in [-0.15, -0.1) is 0 Å². The highest BCUT2D eigenvalue weighted by molar-refractivity contribution is 9.09. The lowest BCUT2D eigenvalue weighted by Gasteiger charge is -2.33. The number of hydrogen-bond acceptors (Lipinski definition) is 2. The maximum absolute atomic E-state index is 9.16. The van der Waals surface area contributed by atoms with E-state index in [0.717, 1.165) is 37.8 Å². The van der Waals surface area contributed by atoms with Crippen molar-refractivity contribution in [2.45, 2.75) is 18.8 Å². The quantitative estimate of drug-likeness (QED) is 0.845. The van der Waals surface area contributed by atoms with Crippen molar-refractivity contribution < 1.29 is 5.11 Å². The summed E-state index contributed by atoms with van der Waals surface area (Å²) in [5.41, 5.74) is 1.42. The minimum Gasteiger partial charge on any atom is -0.396 e. The molecular formula is C15H22BrNO. The average molecular weight is 312 g/mol. The maximum Gasteiger partial charge on any atom is 0.0460 e. The van der Waals surface area contributed by atoms with Crippen LogP contribution in [0.3, 0.4) is 0 Å². The second-order valence-electron chi connectivity index (χ2n) is 5.19. The maximum atomic E-state index is 9.16. The molecule has 18 heavy (non-hydrogen) atoms. The summed E-state index contributed by atoms with van der Waals surface area (Å²) < 4.78 is 0. The molecule has 0 aromatic heterocycles. The van der Waals surface area contributed by atoms with E-state index in [4.69, 9.17) is 5.11 Å². The van der Waals surface area contributed by atoms with Gasteiger partial charge in [0.25, 0.3) is 0 Å². The van der Waals surface area contributed by atoms with Crippen LogP contribution in [0.1, 0.15) is 24.3 Å². The molecule has 0 saturated carbocycles. The Morgan fingerprint density at radius 1 is 1.22 bits per heavy atom. The lowest BCUT2D eigenvalue weighted by Crippen LogP contribution is -2.37. The summed E-state index contributed by atoms with van der Waals surface area (Å²) in [5.74, 6) is 1.09. The van der Waals surface area contributed by atoms with Gasteiger partial charge >= 0.3 is 0 Å². The second kappa shape index (κ2) is 7.27. The van der Waals surface area contributed by atoms with Crippen molar-refractivity contribution in [2.24, 2.45) is 5.92 Å². The molecule has 0 spiro atoms. The highest BCUT2D eigenvalue weighted by atomic mass is 79.9. The number of benzene rings is 1. The highest BCUT2D eigenvalue weighted by Gasteiger charge is 2.21. The van der Waals surface area contributed by atoms with Crippen LogP contribution in [0.25, 0.3) is 0 Å². The number of likely N-dealkylation sites (tertiary alicyclic amines) is 1. The van der Waals surface area contributed by atoms with Gasteiger partial charge in [-0.25, -0.2) is 0 Å². The first-order chi connectivity index (χ1) is 8.83. The first-order valence-corrected chi connectivity index (χ1v) is 7.89. The fourth-order valence-corrected chi connectivity index (χ4v) is 3.21. The van der Waals surface area contributed by atoms with E-state index in [9.17, 15) is 0 Å². The molecule has 1 aromatic rings. The van der Waals surface area contributed by atoms with E-state index in [1.165, 1.54) is 5.56 Å². The summed E-state index contributed by atoms with van der Waals surface area (Å²) in [6.07, 6.45) is 2.28. The predicted molar refractivity (Wildman–Crippen MR) is 79.2 cm³/mol. The van der Waals surface area contributed by atoms with Crippen LogP contribution in [0.15, 0.2) is 30.3 Å². The number of hydrogen-bond donors (Lipinski definition) is 1. The summed E-state index contributed by atoms with van der Waals surface area (Å²) in [6, 6.07) is 10.7. The van der Waals surface area contributed by atoms with E-state index >= 15 is 0 Å². The van der Waals surface area contributed by atoms with Gasteiger partial charge in [-0.3, -0.25) is 0 Å². The SMILES string of the molecule is OCC1CCN(CC(CBr)c2ccccc2)CC1. The van der Waals surface area contributed by atoms with Crippen molar-refractivity contribution in [2.75, 3.05) is 31.6 Å². The normalized spacial score (nSPS) is 19.9. The number of alkyl halides is 1. The fourth-order valence-electron chi connectivity index (χ4n) is 2.63. The summed E-state index contributed by atoms with van der Waals surface area (Å²) in [5, 5.41) is 10.2. The smallest absolute Gasteiger partial charge is 0.0460 e. The lowest BCUT2D eigenvalue weighted by atomic mass is 9.95. The summed E-state index contributed by atoms with van der Waals surface area (Å²) in [4.78, 5) is 2.53. The number of nitrogens with zero attached hydrogens (tertiary/aromatic N) is 1. The standard InChI is InChI=1S/C15H22BrNO/c16-10-15(14-4-2-1-3-5-14)11-17-8-6-13(12-18)7-9-17/h1-5,13,15,18H,6-12H2. The Morgan fingerprint density at radius 3 is 2.44 bits per heavy atom. The van der Waals surface area contributed by atoms with Gasteiger partial charge in [0, 0.05) is 24.4 Å². The molecule has 0 radical (unpaired) electrons. The van der Waals surface area contributed by atoms with Crippen LogP contribution in [0, 0.1) is 5.92 Å². The van der Waals surface area contributed by atoms with E-state index in [1.54, 1.807) is 0 Å². The number of aliphatic hydroxyl groups excluding tert-OH is 1. The van der Waals surface area contributed by atoms with Gasteiger partial charge in [-0.05, 0) is 37.4 Å². The molecule has 1 heterocycles. The van der Waals surface area contributed by atoms with Crippen LogP contribution in [-0.2, 0) is 0 Å². The number of rotatable bonds is 5. The average Bonchev–Trinajstić information content (AvgIpc) is 2.46. The Morgan fingerprint density at radius 2 is 1.89 bits per heavy atom. The minimum absolute atomic E-state index is 0.356. The zero-order valence-corrected chi connectivity index (χ0v) is 12.3. The molecule has 1 unspecified atom stereocenters. The van der Waals surface area contributed by atoms with Gasteiger partial charge in [0.05, 0.1) is 0 Å². The molecule has 0 bridgehead atoms. The summed E-state index contributed by atoms with van der Waals surface area (Å²) in [7, 11) is 0. The van der Waals surface area contributed by atoms with E-state index < -0.39 is 0 Å². The third kappa shape index (κ3) is 3.81. The summed E-state index contributed by atoms with van der Waals surface area (Å²) >= 11 is 3.64. The molecule has 0 aliphatic carbocycles. The van der Waals surface area contributed by atoms with E-state index in [2.05, 4.69) is 51.2 Å². The highest BCUT2D eigenvalue weighted by Crippen LogP contribution is 2.23. The molecule has 1 aromatic carbocycles.